The molecule has 1 aromatic carbocycles. The molecule has 0 spiro atoms. The number of nitrogens with zero attached hydrogens (tertiary/aromatic N) is 5. The van der Waals surface area contributed by atoms with E-state index in [1.165, 1.54) is 0 Å². The maximum Gasteiger partial charge on any atom is 0.490 e. The number of aliphatic hydroxyl groups is 2. The van der Waals surface area contributed by atoms with E-state index in [0.29, 0.717) is 55.4 Å². The fourth-order valence-corrected chi connectivity index (χ4v) is 3.58. The van der Waals surface area contributed by atoms with Gasteiger partial charge < -0.3 is 35.7 Å². The van der Waals surface area contributed by atoms with Gasteiger partial charge in [0.2, 0.25) is 0 Å². The number of nitrogens with two attached hydrogens (primary N) is 1. The molecule has 216 valence electrons. The van der Waals surface area contributed by atoms with Crippen LogP contribution >= 0.6 is 0 Å². The Kier molecular flexibility index (Phi) is 10.4. The molecule has 0 bridgehead atoms. The summed E-state index contributed by atoms with van der Waals surface area (Å²) in [7, 11) is 0. The molecule has 13 nitrogen and oxygen atoms in total. The average molecular weight is 568 g/mol. The lowest BCUT2D eigenvalue weighted by molar-refractivity contribution is -0.192. The summed E-state index contributed by atoms with van der Waals surface area (Å²) in [5, 5.41) is 36.1. The van der Waals surface area contributed by atoms with E-state index < -0.39 is 18.2 Å². The van der Waals surface area contributed by atoms with Gasteiger partial charge in [-0.25, -0.2) is 19.4 Å². The quantitative estimate of drug-likeness (QED) is 0.166. The van der Waals surface area contributed by atoms with Crippen LogP contribution in [0.15, 0.2) is 41.2 Å². The van der Waals surface area contributed by atoms with Crippen molar-refractivity contribution in [3.63, 3.8) is 0 Å². The average Bonchev–Trinajstić information content (AvgIpc) is 3.53. The summed E-state index contributed by atoms with van der Waals surface area (Å²) < 4.78 is 44.6. The van der Waals surface area contributed by atoms with Crippen LogP contribution in [0, 0.1) is 0 Å². The number of rotatable bonds is 11. The van der Waals surface area contributed by atoms with Crippen molar-refractivity contribution in [1.29, 1.82) is 0 Å². The van der Waals surface area contributed by atoms with E-state index in [1.54, 1.807) is 6.20 Å². The Morgan fingerprint density at radius 2 is 1.93 bits per heavy atom. The first-order valence-corrected chi connectivity index (χ1v) is 12.0. The van der Waals surface area contributed by atoms with Crippen molar-refractivity contribution in [2.45, 2.75) is 32.2 Å². The van der Waals surface area contributed by atoms with E-state index in [4.69, 9.17) is 35.1 Å². The van der Waals surface area contributed by atoms with Crippen molar-refractivity contribution in [3.05, 3.63) is 36.5 Å². The number of halogens is 3. The SMILES string of the molecule is CCn1c(-c2nonc2N)nc2c(-c3ccccc3)ncc(OCCCNCC(O)CO)c21.O=C(O)C(F)(F)F. The zero-order valence-electron chi connectivity index (χ0n) is 21.3. The molecule has 0 aliphatic heterocycles. The van der Waals surface area contributed by atoms with Crippen molar-refractivity contribution >= 4 is 22.8 Å². The number of carboxylic acid groups (broad SMARTS) is 1. The van der Waals surface area contributed by atoms with Crippen LogP contribution < -0.4 is 15.8 Å². The van der Waals surface area contributed by atoms with Crippen LogP contribution in [-0.2, 0) is 11.3 Å². The number of aliphatic hydroxyl groups excluding tert-OH is 2. The monoisotopic (exact) mass is 567 g/mol. The number of aliphatic carboxylic acids is 1. The number of imidazole rings is 1. The minimum Gasteiger partial charge on any atom is -0.490 e. The predicted molar refractivity (Wildman–Crippen MR) is 136 cm³/mol. The third-order valence-electron chi connectivity index (χ3n) is 5.41. The van der Waals surface area contributed by atoms with Gasteiger partial charge in [0.1, 0.15) is 11.0 Å². The van der Waals surface area contributed by atoms with Crippen LogP contribution in [0.25, 0.3) is 33.8 Å². The van der Waals surface area contributed by atoms with Crippen molar-refractivity contribution in [3.8, 4) is 28.5 Å². The largest absolute Gasteiger partial charge is 0.490 e. The lowest BCUT2D eigenvalue weighted by Crippen LogP contribution is -2.30. The van der Waals surface area contributed by atoms with E-state index in [9.17, 15) is 18.3 Å². The number of hydrogen-bond acceptors (Lipinski definition) is 11. The van der Waals surface area contributed by atoms with Crippen molar-refractivity contribution in [2.24, 2.45) is 0 Å². The Labute approximate surface area is 225 Å². The molecule has 1 unspecified atom stereocenters. The molecular formula is C24H28F3N7O6. The Morgan fingerprint density at radius 1 is 1.23 bits per heavy atom. The molecule has 0 fully saturated rings. The second kappa shape index (κ2) is 13.7. The number of nitrogens with one attached hydrogen (secondary N) is 1. The minimum atomic E-state index is -5.08. The van der Waals surface area contributed by atoms with Gasteiger partial charge in [-0.15, -0.1) is 0 Å². The molecule has 40 heavy (non-hydrogen) atoms. The summed E-state index contributed by atoms with van der Waals surface area (Å²) >= 11 is 0. The number of hydrogen-bond donors (Lipinski definition) is 5. The molecule has 0 radical (unpaired) electrons. The minimum absolute atomic E-state index is 0.160. The summed E-state index contributed by atoms with van der Waals surface area (Å²) in [5.74, 6) is -1.48. The number of benzene rings is 1. The summed E-state index contributed by atoms with van der Waals surface area (Å²) in [5.41, 5.74) is 9.43. The number of alkyl halides is 3. The van der Waals surface area contributed by atoms with Gasteiger partial charge in [-0.2, -0.15) is 13.2 Å². The summed E-state index contributed by atoms with van der Waals surface area (Å²) in [4.78, 5) is 18.4. The number of pyridine rings is 1. The Bertz CT molecular complexity index is 1400. The van der Waals surface area contributed by atoms with Gasteiger partial charge >= 0.3 is 12.1 Å². The maximum atomic E-state index is 10.6. The first-order valence-electron chi connectivity index (χ1n) is 12.0. The number of aromatic nitrogens is 5. The lowest BCUT2D eigenvalue weighted by Gasteiger charge is -2.12. The van der Waals surface area contributed by atoms with E-state index in [-0.39, 0.29) is 12.4 Å². The fraction of sp³-hybridized carbons (Fsp3) is 0.375. The Balaban J connectivity index is 0.000000559. The number of aryl methyl sites for hydroxylation is 1. The van der Waals surface area contributed by atoms with Gasteiger partial charge in [0.05, 0.1) is 31.2 Å². The highest BCUT2D eigenvalue weighted by molar-refractivity contribution is 5.95. The highest BCUT2D eigenvalue weighted by Crippen LogP contribution is 2.36. The second-order valence-corrected chi connectivity index (χ2v) is 8.26. The van der Waals surface area contributed by atoms with Crippen molar-refractivity contribution in [2.75, 3.05) is 32.0 Å². The Hall–Kier alpha value is -4.28. The molecule has 0 amide bonds. The van der Waals surface area contributed by atoms with Gasteiger partial charge in [-0.1, -0.05) is 30.3 Å². The van der Waals surface area contributed by atoms with Crippen LogP contribution in [0.1, 0.15) is 13.3 Å². The number of carbonyl (C=O) groups is 1. The predicted octanol–water partition coefficient (Wildman–Crippen LogP) is 2.10. The first-order chi connectivity index (χ1) is 19.1. The van der Waals surface area contributed by atoms with E-state index >= 15 is 0 Å². The zero-order chi connectivity index (χ0) is 29.3. The molecule has 0 saturated heterocycles. The van der Waals surface area contributed by atoms with Crippen LogP contribution in [0.2, 0.25) is 0 Å². The lowest BCUT2D eigenvalue weighted by atomic mass is 10.1. The van der Waals surface area contributed by atoms with Crippen molar-refractivity contribution < 1.29 is 42.7 Å². The molecule has 0 aliphatic rings. The summed E-state index contributed by atoms with van der Waals surface area (Å²) in [6.07, 6.45) is -3.45. The molecule has 1 atom stereocenters. The molecular weight excluding hydrogens is 539 g/mol. The third kappa shape index (κ3) is 7.43. The zero-order valence-corrected chi connectivity index (χ0v) is 21.3. The van der Waals surface area contributed by atoms with Gasteiger partial charge in [-0.05, 0) is 30.2 Å². The third-order valence-corrected chi connectivity index (χ3v) is 5.41. The molecule has 0 saturated carbocycles. The first kappa shape index (κ1) is 30.3. The van der Waals surface area contributed by atoms with Crippen LogP contribution in [0.4, 0.5) is 19.0 Å². The molecule has 16 heteroatoms. The van der Waals surface area contributed by atoms with Crippen LogP contribution in [0.5, 0.6) is 5.75 Å². The van der Waals surface area contributed by atoms with E-state index in [1.807, 2.05) is 41.8 Å². The molecule has 4 aromatic rings. The van der Waals surface area contributed by atoms with Crippen LogP contribution in [0.3, 0.4) is 0 Å². The van der Waals surface area contributed by atoms with Gasteiger partial charge in [0.15, 0.2) is 23.1 Å². The number of carboxylic acids is 1. The topological polar surface area (TPSA) is 195 Å². The highest BCUT2D eigenvalue weighted by Gasteiger charge is 2.38. The number of anilines is 1. The summed E-state index contributed by atoms with van der Waals surface area (Å²) in [6.45, 7) is 3.71. The number of fused-ring (bicyclic) bond motifs is 1. The van der Waals surface area contributed by atoms with Crippen LogP contribution in [-0.4, -0.2) is 84.7 Å². The van der Waals surface area contributed by atoms with E-state index in [0.717, 1.165) is 16.8 Å². The number of nitrogen functional groups attached to an aromatic ring is 1. The highest BCUT2D eigenvalue weighted by atomic mass is 19.4. The molecule has 4 rings (SSSR count). The Morgan fingerprint density at radius 3 is 2.50 bits per heavy atom. The second-order valence-electron chi connectivity index (χ2n) is 8.26. The van der Waals surface area contributed by atoms with Gasteiger partial charge in [-0.3, -0.25) is 0 Å². The maximum absolute atomic E-state index is 10.6. The smallest absolute Gasteiger partial charge is 0.490 e. The summed E-state index contributed by atoms with van der Waals surface area (Å²) in [6, 6.07) is 9.80. The normalized spacial score (nSPS) is 12.2. The molecule has 3 aromatic heterocycles. The number of ether oxygens (including phenoxy) is 1. The van der Waals surface area contributed by atoms with Gasteiger partial charge in [0.25, 0.3) is 0 Å². The standard InChI is InChI=1S/C22H27N7O4.C2HF3O2/c1-2-29-20-16(32-10-6-9-24-11-15(31)13-30)12-25-17(14-7-4-3-5-8-14)18(20)26-22(29)19-21(23)28-33-27-19;3-2(4,5)1(6)7/h3-5,7-8,12,15,24,30-31H,2,6,9-11,13H2,1H3,(H2,23,28);(H,6,7). The molecule has 6 N–H and O–H groups in total. The van der Waals surface area contributed by atoms with Crippen molar-refractivity contribution in [1.82, 2.24) is 30.2 Å². The fourth-order valence-electron chi connectivity index (χ4n) is 3.58. The molecule has 0 aliphatic carbocycles. The van der Waals surface area contributed by atoms with Gasteiger partial charge in [0, 0.05) is 18.7 Å². The molecule has 3 heterocycles. The van der Waals surface area contributed by atoms with E-state index in [2.05, 4.69) is 20.6 Å².